The van der Waals surface area contributed by atoms with E-state index in [0.29, 0.717) is 0 Å². The van der Waals surface area contributed by atoms with E-state index < -0.39 is 6.10 Å². The Hall–Kier alpha value is -1.51. The zero-order valence-electron chi connectivity index (χ0n) is 12.8. The third-order valence-corrected chi connectivity index (χ3v) is 3.35. The van der Waals surface area contributed by atoms with E-state index in [1.165, 1.54) is 5.56 Å². The summed E-state index contributed by atoms with van der Waals surface area (Å²) in [5, 5.41) is 2.99. The van der Waals surface area contributed by atoms with Crippen molar-refractivity contribution in [2.45, 2.75) is 59.6 Å². The molecule has 1 aromatic rings. The number of rotatable bonds is 5. The maximum Gasteiger partial charge on any atom is 0.261 e. The first kappa shape index (κ1) is 15.5. The summed E-state index contributed by atoms with van der Waals surface area (Å²) in [4.78, 5) is 12.1. The number of nitrogens with one attached hydrogen (secondary N) is 1. The molecule has 0 aliphatic carbocycles. The standard InChI is InChI=1S/C16H25NO2/c1-7-16(5,6)17-15(18)13(4)19-14-9-8-11(2)10-12(14)3/h8-10,13H,7H2,1-6H3,(H,17,18). The average molecular weight is 263 g/mol. The number of hydrogen-bond acceptors (Lipinski definition) is 2. The molecule has 0 saturated heterocycles. The van der Waals surface area contributed by atoms with Gasteiger partial charge in [0.25, 0.3) is 5.91 Å². The lowest BCUT2D eigenvalue weighted by Crippen LogP contribution is -2.48. The Kier molecular flexibility index (Phi) is 4.98. The number of carbonyl (C=O) groups excluding carboxylic acids is 1. The van der Waals surface area contributed by atoms with Crippen LogP contribution in [0.5, 0.6) is 5.75 Å². The quantitative estimate of drug-likeness (QED) is 0.884. The van der Waals surface area contributed by atoms with Crippen LogP contribution in [-0.2, 0) is 4.79 Å². The lowest BCUT2D eigenvalue weighted by Gasteiger charge is -2.26. The van der Waals surface area contributed by atoms with Crippen molar-refractivity contribution in [2.24, 2.45) is 0 Å². The van der Waals surface area contributed by atoms with Crippen molar-refractivity contribution in [3.63, 3.8) is 0 Å². The molecule has 3 heteroatoms. The first-order valence-electron chi connectivity index (χ1n) is 6.81. The van der Waals surface area contributed by atoms with Gasteiger partial charge in [0.15, 0.2) is 6.10 Å². The molecule has 0 aromatic heterocycles. The van der Waals surface area contributed by atoms with Crippen LogP contribution in [0.4, 0.5) is 0 Å². The molecule has 0 bridgehead atoms. The number of hydrogen-bond donors (Lipinski definition) is 1. The highest BCUT2D eigenvalue weighted by atomic mass is 16.5. The van der Waals surface area contributed by atoms with E-state index >= 15 is 0 Å². The molecule has 1 aromatic carbocycles. The Bertz CT molecular complexity index is 452. The summed E-state index contributed by atoms with van der Waals surface area (Å²) in [5.74, 6) is 0.689. The second kappa shape index (κ2) is 6.09. The number of carbonyl (C=O) groups is 1. The highest BCUT2D eigenvalue weighted by Gasteiger charge is 2.23. The van der Waals surface area contributed by atoms with Crippen LogP contribution in [0.2, 0.25) is 0 Å². The minimum atomic E-state index is -0.493. The van der Waals surface area contributed by atoms with Crippen molar-refractivity contribution in [3.8, 4) is 5.75 Å². The van der Waals surface area contributed by atoms with Crippen LogP contribution in [-0.4, -0.2) is 17.6 Å². The molecule has 0 spiro atoms. The predicted octanol–water partition coefficient (Wildman–Crippen LogP) is 3.38. The third kappa shape index (κ3) is 4.58. The van der Waals surface area contributed by atoms with Gasteiger partial charge >= 0.3 is 0 Å². The minimum Gasteiger partial charge on any atom is -0.481 e. The van der Waals surface area contributed by atoms with Gasteiger partial charge < -0.3 is 10.1 Å². The van der Waals surface area contributed by atoms with Crippen LogP contribution in [0.25, 0.3) is 0 Å². The Morgan fingerprint density at radius 1 is 1.37 bits per heavy atom. The van der Waals surface area contributed by atoms with E-state index in [1.807, 2.05) is 39.8 Å². The molecule has 1 atom stereocenters. The lowest BCUT2D eigenvalue weighted by molar-refractivity contribution is -0.129. The summed E-state index contributed by atoms with van der Waals surface area (Å²) >= 11 is 0. The van der Waals surface area contributed by atoms with E-state index in [4.69, 9.17) is 4.74 Å². The first-order chi connectivity index (χ1) is 8.75. The van der Waals surface area contributed by atoms with Crippen molar-refractivity contribution in [1.29, 1.82) is 0 Å². The van der Waals surface area contributed by atoms with Gasteiger partial charge in [0, 0.05) is 5.54 Å². The van der Waals surface area contributed by atoms with Gasteiger partial charge in [-0.05, 0) is 52.7 Å². The normalized spacial score (nSPS) is 12.9. The molecule has 1 unspecified atom stereocenters. The van der Waals surface area contributed by atoms with Crippen LogP contribution in [0.15, 0.2) is 18.2 Å². The molecular formula is C16H25NO2. The maximum atomic E-state index is 12.1. The zero-order valence-corrected chi connectivity index (χ0v) is 12.8. The van der Waals surface area contributed by atoms with Crippen molar-refractivity contribution < 1.29 is 9.53 Å². The van der Waals surface area contributed by atoms with E-state index in [0.717, 1.165) is 17.7 Å². The van der Waals surface area contributed by atoms with Crippen molar-refractivity contribution >= 4 is 5.91 Å². The molecule has 19 heavy (non-hydrogen) atoms. The molecule has 0 radical (unpaired) electrons. The topological polar surface area (TPSA) is 38.3 Å². The summed E-state index contributed by atoms with van der Waals surface area (Å²) in [6.45, 7) is 11.9. The third-order valence-electron chi connectivity index (χ3n) is 3.35. The molecule has 1 rings (SSSR count). The van der Waals surface area contributed by atoms with Crippen LogP contribution in [0.3, 0.4) is 0 Å². The molecule has 106 valence electrons. The Labute approximate surface area is 116 Å². The molecule has 0 aliphatic rings. The summed E-state index contributed by atoms with van der Waals surface area (Å²) < 4.78 is 5.74. The maximum absolute atomic E-state index is 12.1. The zero-order chi connectivity index (χ0) is 14.6. The summed E-state index contributed by atoms with van der Waals surface area (Å²) in [6, 6.07) is 5.96. The van der Waals surface area contributed by atoms with Crippen LogP contribution >= 0.6 is 0 Å². The van der Waals surface area contributed by atoms with E-state index in [9.17, 15) is 4.79 Å². The number of aryl methyl sites for hydroxylation is 2. The number of amides is 1. The average Bonchev–Trinajstić information content (AvgIpc) is 2.32. The predicted molar refractivity (Wildman–Crippen MR) is 78.5 cm³/mol. The summed E-state index contributed by atoms with van der Waals surface area (Å²) in [5.41, 5.74) is 2.04. The van der Waals surface area contributed by atoms with Gasteiger partial charge in [-0.25, -0.2) is 0 Å². The molecule has 3 nitrogen and oxygen atoms in total. The smallest absolute Gasteiger partial charge is 0.261 e. The van der Waals surface area contributed by atoms with E-state index in [1.54, 1.807) is 6.92 Å². The fourth-order valence-corrected chi connectivity index (χ4v) is 1.70. The highest BCUT2D eigenvalue weighted by Crippen LogP contribution is 2.20. The largest absolute Gasteiger partial charge is 0.481 e. The van der Waals surface area contributed by atoms with Gasteiger partial charge in [-0.15, -0.1) is 0 Å². The Balaban J connectivity index is 2.69. The summed E-state index contributed by atoms with van der Waals surface area (Å²) in [7, 11) is 0. The Morgan fingerprint density at radius 2 is 2.00 bits per heavy atom. The van der Waals surface area contributed by atoms with Crippen LogP contribution < -0.4 is 10.1 Å². The van der Waals surface area contributed by atoms with Gasteiger partial charge in [-0.2, -0.15) is 0 Å². The SMILES string of the molecule is CCC(C)(C)NC(=O)C(C)Oc1ccc(C)cc1C. The molecule has 1 amide bonds. The number of benzene rings is 1. The summed E-state index contributed by atoms with van der Waals surface area (Å²) in [6.07, 6.45) is 0.391. The van der Waals surface area contributed by atoms with E-state index in [2.05, 4.69) is 18.3 Å². The van der Waals surface area contributed by atoms with E-state index in [-0.39, 0.29) is 11.4 Å². The van der Waals surface area contributed by atoms with Crippen molar-refractivity contribution in [3.05, 3.63) is 29.3 Å². The van der Waals surface area contributed by atoms with Crippen molar-refractivity contribution in [1.82, 2.24) is 5.32 Å². The van der Waals surface area contributed by atoms with Crippen LogP contribution in [0.1, 0.15) is 45.2 Å². The monoisotopic (exact) mass is 263 g/mol. The van der Waals surface area contributed by atoms with Crippen LogP contribution in [0, 0.1) is 13.8 Å². The van der Waals surface area contributed by atoms with Gasteiger partial charge in [-0.3, -0.25) is 4.79 Å². The Morgan fingerprint density at radius 3 is 2.53 bits per heavy atom. The molecular weight excluding hydrogens is 238 g/mol. The molecule has 0 fully saturated rings. The van der Waals surface area contributed by atoms with Gasteiger partial charge in [0.1, 0.15) is 5.75 Å². The van der Waals surface area contributed by atoms with Gasteiger partial charge in [0.05, 0.1) is 0 Å². The second-order valence-electron chi connectivity index (χ2n) is 5.76. The fraction of sp³-hybridized carbons (Fsp3) is 0.562. The molecule has 0 heterocycles. The molecule has 0 saturated carbocycles. The van der Waals surface area contributed by atoms with Crippen molar-refractivity contribution in [2.75, 3.05) is 0 Å². The molecule has 0 aliphatic heterocycles. The fourth-order valence-electron chi connectivity index (χ4n) is 1.70. The minimum absolute atomic E-state index is 0.0770. The van der Waals surface area contributed by atoms with Gasteiger partial charge in [-0.1, -0.05) is 24.6 Å². The first-order valence-corrected chi connectivity index (χ1v) is 6.81. The second-order valence-corrected chi connectivity index (χ2v) is 5.76. The lowest BCUT2D eigenvalue weighted by atomic mass is 10.0. The van der Waals surface area contributed by atoms with Gasteiger partial charge in [0.2, 0.25) is 0 Å². The number of ether oxygens (including phenoxy) is 1. The molecule has 1 N–H and O–H groups in total. The highest BCUT2D eigenvalue weighted by molar-refractivity contribution is 5.81.